The number of hydrogen-bond donors (Lipinski definition) is 3. The third-order valence-corrected chi connectivity index (χ3v) is 10.9. The molecule has 0 spiro atoms. The normalized spacial score (nSPS) is 19.8. The topological polar surface area (TPSA) is 224 Å². The van der Waals surface area contributed by atoms with Gasteiger partial charge in [0.05, 0.1) is 30.3 Å². The van der Waals surface area contributed by atoms with Gasteiger partial charge in [-0.15, -0.1) is 22.2 Å². The molecule has 2 aromatic heterocycles. The van der Waals surface area contributed by atoms with Crippen molar-refractivity contribution in [3.63, 3.8) is 0 Å². The average Bonchev–Trinajstić information content (AvgIpc) is 3.81. The minimum absolute atomic E-state index is 0.0160. The quantitative estimate of drug-likeness (QED) is 0.144. The highest BCUT2D eigenvalue weighted by atomic mass is 32.2. The number of nitrogens with zero attached hydrogens (tertiary/aromatic N) is 4. The molecular weight excluding hydrogens is 741 g/mol. The minimum atomic E-state index is -3.98. The highest BCUT2D eigenvalue weighted by Gasteiger charge is 2.30. The molecule has 1 unspecified atom stereocenters. The molecule has 4 heterocycles. The molecule has 0 saturated carbocycles. The maximum absolute atomic E-state index is 12.1. The maximum Gasteiger partial charge on any atom is 0.353 e. The Labute approximate surface area is 305 Å². The standard InChI is InChI=1S/C17H17N3O5S.C15H17N3O6S2/c1-11(21)18-13-7-8-20(17(23)19-13)14-9-24-15(26-14)10-25-16(22)12-5-3-2-4-6-12;1-10-2-4-11(5-3-10)26(21,22)24-17-12-6-7-18(15(20)16-12)13-9-23-14(8-19)25-13/h2-8,14-15H,9-10H2,1H3,(H,18,19,21,23);2-7,13-14,19H,8-9H2,1H3,(H,16,17,20)/p+1/t14?,15-;13-,14-/m11/s1. The van der Waals surface area contributed by atoms with E-state index in [2.05, 4.69) is 15.3 Å². The minimum Gasteiger partial charge on any atom is -0.458 e. The molecule has 4 N–H and O–H groups in total. The van der Waals surface area contributed by atoms with Crippen LogP contribution in [0.5, 0.6) is 0 Å². The first-order chi connectivity index (χ1) is 24.9. The van der Waals surface area contributed by atoms with Gasteiger partial charge < -0.3 is 24.6 Å². The third kappa shape index (κ3) is 10.6. The SMILES string of the molecule is CC(=O)Nc1ccn(C2CO[C@@H](COC(=O)c3ccccc3)S2)c(=O)n1.Cc1ccc(S(=O)(=O)O[NH2+]c2ccn([C@H]3CO[C@@H](CO)S3)c(=O)n2)cc1. The van der Waals surface area contributed by atoms with Crippen molar-refractivity contribution in [2.24, 2.45) is 0 Å². The Hall–Kier alpha value is -4.41. The van der Waals surface area contributed by atoms with Crippen LogP contribution in [-0.2, 0) is 33.4 Å². The van der Waals surface area contributed by atoms with Crippen LogP contribution < -0.4 is 22.2 Å². The van der Waals surface area contributed by atoms with Gasteiger partial charge in [0.1, 0.15) is 34.0 Å². The van der Waals surface area contributed by atoms with Crippen LogP contribution in [0.25, 0.3) is 0 Å². The number of quaternary nitrogens is 1. The first-order valence-electron chi connectivity index (χ1n) is 15.6. The Morgan fingerprint density at radius 3 is 2.13 bits per heavy atom. The molecule has 2 aliphatic rings. The summed E-state index contributed by atoms with van der Waals surface area (Å²) in [5.41, 5.74) is 0.539. The highest BCUT2D eigenvalue weighted by molar-refractivity contribution is 8.00. The molecule has 2 saturated heterocycles. The van der Waals surface area contributed by atoms with Crippen molar-refractivity contribution in [3.8, 4) is 0 Å². The lowest BCUT2D eigenvalue weighted by molar-refractivity contribution is -0.797. The van der Waals surface area contributed by atoms with Gasteiger partial charge in [-0.2, -0.15) is 13.4 Å². The Balaban J connectivity index is 0.000000201. The van der Waals surface area contributed by atoms with E-state index in [4.69, 9.17) is 23.6 Å². The molecular formula is C32H35N6O11S3+. The van der Waals surface area contributed by atoms with Crippen molar-refractivity contribution in [2.75, 3.05) is 31.7 Å². The molecule has 4 aromatic rings. The number of carbonyl (C=O) groups is 2. The first-order valence-corrected chi connectivity index (χ1v) is 18.9. The van der Waals surface area contributed by atoms with E-state index in [1.54, 1.807) is 48.7 Å². The number of ether oxygens (including phenoxy) is 3. The van der Waals surface area contributed by atoms with Crippen LogP contribution in [0, 0.1) is 6.92 Å². The van der Waals surface area contributed by atoms with Crippen LogP contribution in [0.3, 0.4) is 0 Å². The smallest absolute Gasteiger partial charge is 0.353 e. The fourth-order valence-corrected chi connectivity index (χ4v) is 7.58. The van der Waals surface area contributed by atoms with E-state index in [1.165, 1.54) is 64.0 Å². The Morgan fingerprint density at radius 1 is 0.923 bits per heavy atom. The van der Waals surface area contributed by atoms with Gasteiger partial charge in [-0.1, -0.05) is 51.9 Å². The molecule has 20 heteroatoms. The number of anilines is 1. The number of thioether (sulfide) groups is 2. The second kappa shape index (κ2) is 17.9. The lowest BCUT2D eigenvalue weighted by Gasteiger charge is -2.12. The van der Waals surface area contributed by atoms with Gasteiger partial charge >= 0.3 is 27.5 Å². The fraction of sp³-hybridized carbons (Fsp3) is 0.312. The molecule has 4 atom stereocenters. The molecule has 2 aliphatic heterocycles. The Morgan fingerprint density at radius 2 is 1.54 bits per heavy atom. The van der Waals surface area contributed by atoms with Crippen molar-refractivity contribution < 1.29 is 47.1 Å². The lowest BCUT2D eigenvalue weighted by atomic mass is 10.2. The van der Waals surface area contributed by atoms with Crippen LogP contribution in [0.15, 0.2) is 93.6 Å². The van der Waals surface area contributed by atoms with Gasteiger partial charge in [-0.05, 0) is 37.3 Å². The summed E-state index contributed by atoms with van der Waals surface area (Å²) < 4.78 is 48.1. The number of aliphatic hydroxyl groups is 1. The number of aryl methyl sites for hydroxylation is 1. The molecule has 2 fully saturated rings. The van der Waals surface area contributed by atoms with E-state index in [-0.39, 0.29) is 63.9 Å². The second-order valence-corrected chi connectivity index (χ2v) is 15.3. The summed E-state index contributed by atoms with van der Waals surface area (Å²) in [5, 5.41) is 11.0. The zero-order chi connectivity index (χ0) is 37.3. The van der Waals surface area contributed by atoms with Gasteiger partial charge in [0.15, 0.2) is 0 Å². The summed E-state index contributed by atoms with van der Waals surface area (Å²) >= 11 is 2.68. The van der Waals surface area contributed by atoms with Crippen LogP contribution in [0.2, 0.25) is 0 Å². The van der Waals surface area contributed by atoms with Crippen molar-refractivity contribution >= 4 is 57.2 Å². The number of nitrogens with one attached hydrogen (secondary N) is 1. The first kappa shape index (κ1) is 38.8. The fourth-order valence-electron chi connectivity index (χ4n) is 4.63. The van der Waals surface area contributed by atoms with Crippen LogP contribution in [-0.4, -0.2) is 81.8 Å². The van der Waals surface area contributed by atoms with Gasteiger partial charge in [0, 0.05) is 25.4 Å². The molecule has 0 radical (unpaired) electrons. The number of carbonyl (C=O) groups excluding carboxylic acids is 2. The van der Waals surface area contributed by atoms with Crippen LogP contribution in [0.4, 0.5) is 11.6 Å². The number of esters is 1. The third-order valence-electron chi connectivity index (χ3n) is 7.19. The van der Waals surface area contributed by atoms with Gasteiger partial charge in [0.25, 0.3) is 5.82 Å². The summed E-state index contributed by atoms with van der Waals surface area (Å²) in [6.07, 6.45) is 3.05. The number of nitrogens with two attached hydrogens (primary N) is 1. The summed E-state index contributed by atoms with van der Waals surface area (Å²) in [6, 6.07) is 17.9. The van der Waals surface area contributed by atoms with Crippen LogP contribution in [0.1, 0.15) is 33.6 Å². The van der Waals surface area contributed by atoms with Crippen molar-refractivity contribution in [1.29, 1.82) is 0 Å². The maximum atomic E-state index is 12.1. The zero-order valence-electron chi connectivity index (χ0n) is 27.8. The second-order valence-electron chi connectivity index (χ2n) is 11.1. The van der Waals surface area contributed by atoms with E-state index in [0.29, 0.717) is 12.2 Å². The molecule has 276 valence electrons. The summed E-state index contributed by atoms with van der Waals surface area (Å²) in [5.74, 6) is -0.425. The predicted octanol–water partition coefficient (Wildman–Crippen LogP) is 1.29. The van der Waals surface area contributed by atoms with E-state index in [9.17, 15) is 27.6 Å². The largest absolute Gasteiger partial charge is 0.458 e. The Kier molecular flexibility index (Phi) is 13.3. The number of amides is 1. The van der Waals surface area contributed by atoms with Crippen molar-refractivity contribution in [3.05, 3.63) is 111 Å². The van der Waals surface area contributed by atoms with E-state index >= 15 is 0 Å². The van der Waals surface area contributed by atoms with Crippen molar-refractivity contribution in [1.82, 2.24) is 19.1 Å². The molecule has 52 heavy (non-hydrogen) atoms. The van der Waals surface area contributed by atoms with Gasteiger partial charge in [0.2, 0.25) is 5.91 Å². The number of rotatable bonds is 11. The Bertz CT molecular complexity index is 2080. The monoisotopic (exact) mass is 775 g/mol. The molecule has 2 aromatic carbocycles. The zero-order valence-corrected chi connectivity index (χ0v) is 30.2. The van der Waals surface area contributed by atoms with E-state index in [0.717, 1.165) is 11.0 Å². The number of benzene rings is 2. The number of aliphatic hydroxyl groups excluding tert-OH is 1. The molecule has 0 bridgehead atoms. The van der Waals surface area contributed by atoms with Crippen molar-refractivity contribution in [2.45, 2.75) is 40.4 Å². The van der Waals surface area contributed by atoms with E-state index < -0.39 is 27.5 Å². The number of hydrogen-bond acceptors (Lipinski definition) is 15. The average molecular weight is 776 g/mol. The summed E-state index contributed by atoms with van der Waals surface area (Å²) in [6.45, 7) is 3.70. The van der Waals surface area contributed by atoms with Gasteiger partial charge in [-0.3, -0.25) is 13.9 Å². The lowest BCUT2D eigenvalue weighted by Crippen LogP contribution is -2.78. The van der Waals surface area contributed by atoms with Crippen LogP contribution >= 0.6 is 23.5 Å². The van der Waals surface area contributed by atoms with Gasteiger partial charge in [-0.25, -0.2) is 14.4 Å². The highest BCUT2D eigenvalue weighted by Crippen LogP contribution is 2.35. The number of aromatic nitrogens is 4. The molecule has 17 nitrogen and oxygen atoms in total. The summed E-state index contributed by atoms with van der Waals surface area (Å²) in [4.78, 5) is 54.9. The predicted molar refractivity (Wildman–Crippen MR) is 189 cm³/mol. The molecule has 0 aliphatic carbocycles. The summed E-state index contributed by atoms with van der Waals surface area (Å²) in [7, 11) is -3.98. The van der Waals surface area contributed by atoms with E-state index in [1.807, 2.05) is 13.0 Å². The molecule has 6 rings (SSSR count). The molecule has 1 amide bonds.